The molecule has 10 heteroatoms. The SMILES string of the molecule is CCCCCCCCC(CCCCCC)COC(=O)C(CCSCC(CC(=O)OCCC(C)CCCC(C)C)C(=O)OCCC(C)CCCC(C)C)C(=O)NCCN(C)C. The zero-order valence-electron chi connectivity index (χ0n) is 40.8. The second-order valence-electron chi connectivity index (χ2n) is 19.1. The van der Waals surface area contributed by atoms with Gasteiger partial charge >= 0.3 is 17.9 Å². The van der Waals surface area contributed by atoms with E-state index in [1.165, 1.54) is 82.4 Å². The maximum absolute atomic E-state index is 13.7. The molecule has 0 aromatic heterocycles. The number of ether oxygens (including phenoxy) is 3. The highest BCUT2D eigenvalue weighted by atomic mass is 32.2. The first-order chi connectivity index (χ1) is 28.7. The molecule has 9 nitrogen and oxygen atoms in total. The van der Waals surface area contributed by atoms with E-state index < -0.39 is 17.8 Å². The van der Waals surface area contributed by atoms with Gasteiger partial charge in [-0.3, -0.25) is 19.2 Å². The Morgan fingerprint density at radius 2 is 1.12 bits per heavy atom. The van der Waals surface area contributed by atoms with Gasteiger partial charge in [0.2, 0.25) is 5.91 Å². The molecule has 0 aliphatic carbocycles. The van der Waals surface area contributed by atoms with Gasteiger partial charge in [0.15, 0.2) is 0 Å². The van der Waals surface area contributed by atoms with Crippen LogP contribution in [-0.4, -0.2) is 87.2 Å². The number of unbranched alkanes of at least 4 members (excludes halogenated alkanes) is 8. The van der Waals surface area contributed by atoms with Gasteiger partial charge < -0.3 is 24.4 Å². The lowest BCUT2D eigenvalue weighted by molar-refractivity contribution is -0.154. The van der Waals surface area contributed by atoms with Crippen LogP contribution in [0.15, 0.2) is 0 Å². The average molecular weight is 869 g/mol. The van der Waals surface area contributed by atoms with Gasteiger partial charge in [-0.2, -0.15) is 11.8 Å². The predicted molar refractivity (Wildman–Crippen MR) is 253 cm³/mol. The molecule has 0 heterocycles. The minimum absolute atomic E-state index is 0.0494. The van der Waals surface area contributed by atoms with Crippen LogP contribution in [0, 0.1) is 41.4 Å². The van der Waals surface area contributed by atoms with Crippen LogP contribution in [0.1, 0.15) is 197 Å². The maximum Gasteiger partial charge on any atom is 0.318 e. The molecule has 0 saturated heterocycles. The third kappa shape index (κ3) is 34.7. The number of thioether (sulfide) groups is 1. The number of esters is 3. The van der Waals surface area contributed by atoms with Crippen LogP contribution in [0.3, 0.4) is 0 Å². The number of likely N-dealkylation sites (N-methyl/N-ethyl adjacent to an activating group) is 1. The number of carbonyl (C=O) groups excluding carboxylic acids is 4. The van der Waals surface area contributed by atoms with Crippen molar-refractivity contribution in [3.8, 4) is 0 Å². The Bertz CT molecular complexity index is 1070. The van der Waals surface area contributed by atoms with Gasteiger partial charge in [-0.25, -0.2) is 0 Å². The lowest BCUT2D eigenvalue weighted by atomic mass is 9.95. The third-order valence-electron chi connectivity index (χ3n) is 11.7. The fraction of sp³-hybridized carbons (Fsp3) is 0.920. The molecule has 0 aliphatic heterocycles. The van der Waals surface area contributed by atoms with Crippen LogP contribution < -0.4 is 5.32 Å². The fourth-order valence-corrected chi connectivity index (χ4v) is 8.46. The van der Waals surface area contributed by atoms with Gasteiger partial charge in [0.1, 0.15) is 5.92 Å². The summed E-state index contributed by atoms with van der Waals surface area (Å²) < 4.78 is 17.4. The molecule has 0 radical (unpaired) electrons. The highest BCUT2D eigenvalue weighted by Crippen LogP contribution is 2.23. The van der Waals surface area contributed by atoms with Crippen LogP contribution in [0.25, 0.3) is 0 Å². The van der Waals surface area contributed by atoms with E-state index in [2.05, 4.69) is 60.7 Å². The molecule has 0 rings (SSSR count). The molecule has 5 unspecified atom stereocenters. The van der Waals surface area contributed by atoms with Crippen molar-refractivity contribution in [1.29, 1.82) is 0 Å². The molecular formula is C50H96N2O7S. The monoisotopic (exact) mass is 869 g/mol. The van der Waals surface area contributed by atoms with Crippen molar-refractivity contribution in [3.63, 3.8) is 0 Å². The summed E-state index contributed by atoms with van der Waals surface area (Å²) in [6.45, 7) is 19.9. The Hall–Kier alpha value is -1.81. The highest BCUT2D eigenvalue weighted by Gasteiger charge is 2.30. The molecule has 0 saturated carbocycles. The molecule has 0 fully saturated rings. The Balaban J connectivity index is 5.58. The summed E-state index contributed by atoms with van der Waals surface area (Å²) >= 11 is 1.47. The van der Waals surface area contributed by atoms with Crippen molar-refractivity contribution in [2.24, 2.45) is 41.4 Å². The van der Waals surface area contributed by atoms with Gasteiger partial charge in [-0.15, -0.1) is 0 Å². The van der Waals surface area contributed by atoms with Crippen LogP contribution >= 0.6 is 11.8 Å². The number of nitrogens with zero attached hydrogens (tertiary/aromatic N) is 1. The molecule has 1 N–H and O–H groups in total. The summed E-state index contributed by atoms with van der Waals surface area (Å²) in [6.07, 6.45) is 22.9. The van der Waals surface area contributed by atoms with Crippen molar-refractivity contribution in [3.05, 3.63) is 0 Å². The molecule has 0 aromatic carbocycles. The van der Waals surface area contributed by atoms with E-state index in [9.17, 15) is 19.2 Å². The summed E-state index contributed by atoms with van der Waals surface area (Å²) in [6, 6.07) is 0. The highest BCUT2D eigenvalue weighted by molar-refractivity contribution is 7.99. The largest absolute Gasteiger partial charge is 0.466 e. The zero-order valence-corrected chi connectivity index (χ0v) is 41.6. The Morgan fingerprint density at radius 1 is 0.583 bits per heavy atom. The van der Waals surface area contributed by atoms with Crippen LogP contribution in [-0.2, 0) is 33.4 Å². The summed E-state index contributed by atoms with van der Waals surface area (Å²) in [5, 5.41) is 2.95. The summed E-state index contributed by atoms with van der Waals surface area (Å²) in [5.41, 5.74) is 0. The van der Waals surface area contributed by atoms with Crippen LogP contribution in [0.2, 0.25) is 0 Å². The van der Waals surface area contributed by atoms with E-state index in [0.29, 0.717) is 74.0 Å². The second kappa shape index (κ2) is 38.8. The van der Waals surface area contributed by atoms with Gasteiger partial charge in [-0.1, -0.05) is 158 Å². The first-order valence-corrected chi connectivity index (χ1v) is 25.8. The van der Waals surface area contributed by atoms with Gasteiger partial charge in [-0.05, 0) is 81.5 Å². The Labute approximate surface area is 374 Å². The van der Waals surface area contributed by atoms with E-state index in [-0.39, 0.29) is 30.7 Å². The molecular weight excluding hydrogens is 773 g/mol. The van der Waals surface area contributed by atoms with Crippen LogP contribution in [0.5, 0.6) is 0 Å². The predicted octanol–water partition coefficient (Wildman–Crippen LogP) is 12.1. The normalized spacial score (nSPS) is 14.2. The van der Waals surface area contributed by atoms with Crippen molar-refractivity contribution in [2.45, 2.75) is 197 Å². The van der Waals surface area contributed by atoms with Gasteiger partial charge in [0.05, 0.1) is 32.2 Å². The minimum atomic E-state index is -0.940. The number of amides is 1. The molecule has 60 heavy (non-hydrogen) atoms. The zero-order chi connectivity index (χ0) is 45.0. The molecule has 354 valence electrons. The summed E-state index contributed by atoms with van der Waals surface area (Å²) in [5.74, 6) is 0.193. The first kappa shape index (κ1) is 58.2. The van der Waals surface area contributed by atoms with E-state index in [1.807, 2.05) is 19.0 Å². The molecule has 0 aliphatic rings. The van der Waals surface area contributed by atoms with Gasteiger partial charge in [0, 0.05) is 18.8 Å². The summed E-state index contributed by atoms with van der Waals surface area (Å²) in [7, 11) is 3.89. The fourth-order valence-electron chi connectivity index (χ4n) is 7.35. The Kier molecular flexibility index (Phi) is 37.7. The second-order valence-corrected chi connectivity index (χ2v) is 20.3. The lowest BCUT2D eigenvalue weighted by Crippen LogP contribution is -2.40. The lowest BCUT2D eigenvalue weighted by Gasteiger charge is -2.21. The quantitative estimate of drug-likeness (QED) is 0.0278. The molecule has 0 bridgehead atoms. The number of carbonyl (C=O) groups is 4. The van der Waals surface area contributed by atoms with E-state index in [0.717, 1.165) is 57.8 Å². The molecule has 0 aromatic rings. The molecule has 0 spiro atoms. The minimum Gasteiger partial charge on any atom is -0.466 e. The van der Waals surface area contributed by atoms with E-state index in [4.69, 9.17) is 14.2 Å². The van der Waals surface area contributed by atoms with E-state index >= 15 is 0 Å². The van der Waals surface area contributed by atoms with Gasteiger partial charge in [0.25, 0.3) is 0 Å². The number of hydrogen-bond acceptors (Lipinski definition) is 9. The average Bonchev–Trinajstić information content (AvgIpc) is 3.18. The van der Waals surface area contributed by atoms with Crippen molar-refractivity contribution < 1.29 is 33.4 Å². The smallest absolute Gasteiger partial charge is 0.318 e. The topological polar surface area (TPSA) is 111 Å². The van der Waals surface area contributed by atoms with E-state index in [1.54, 1.807) is 0 Å². The molecule has 1 amide bonds. The standard InChI is InChI=1S/C50H96N2O7S/c1-11-13-15-17-18-20-28-44(27-19-16-14-12-2)38-59-50(56)46(48(54)51-32-33-52(9)10)31-36-60-39-45(49(55)58-35-30-43(8)26-22-24-41(5)6)37-47(53)57-34-29-42(7)25-21-23-40(3)4/h40-46H,11-39H2,1-10H3,(H,51,54). The Morgan fingerprint density at radius 3 is 1.67 bits per heavy atom. The summed E-state index contributed by atoms with van der Waals surface area (Å²) in [4.78, 5) is 55.6. The maximum atomic E-state index is 13.7. The van der Waals surface area contributed by atoms with Crippen LogP contribution in [0.4, 0.5) is 0 Å². The molecule has 5 atom stereocenters. The number of nitrogens with one attached hydrogen (secondary N) is 1. The van der Waals surface area contributed by atoms with Crippen molar-refractivity contribution >= 4 is 35.6 Å². The third-order valence-corrected chi connectivity index (χ3v) is 12.8. The first-order valence-electron chi connectivity index (χ1n) is 24.7. The number of hydrogen-bond donors (Lipinski definition) is 1. The van der Waals surface area contributed by atoms with Crippen molar-refractivity contribution in [1.82, 2.24) is 10.2 Å². The number of rotatable bonds is 41. The van der Waals surface area contributed by atoms with Crippen molar-refractivity contribution in [2.75, 3.05) is 58.5 Å².